The molecule has 0 saturated carbocycles. The zero-order valence-corrected chi connectivity index (χ0v) is 17.2. The molecule has 0 radical (unpaired) electrons. The van der Waals surface area contributed by atoms with Crippen molar-refractivity contribution in [3.05, 3.63) is 64.8 Å². The minimum Gasteiger partial charge on any atom is -0.330 e. The highest BCUT2D eigenvalue weighted by Crippen LogP contribution is 2.24. The van der Waals surface area contributed by atoms with Gasteiger partial charge in [0.25, 0.3) is 0 Å². The fourth-order valence-electron chi connectivity index (χ4n) is 3.60. The smallest absolute Gasteiger partial charge is 0.0528 e. The Morgan fingerprint density at radius 3 is 2.54 bits per heavy atom. The van der Waals surface area contributed by atoms with Gasteiger partial charge in [-0.05, 0) is 79.8 Å². The molecule has 2 nitrogen and oxygen atoms in total. The van der Waals surface area contributed by atoms with Crippen molar-refractivity contribution in [2.75, 3.05) is 6.54 Å². The molecule has 0 fully saturated rings. The number of fused-ring (bicyclic) bond motifs is 1. The van der Waals surface area contributed by atoms with Crippen molar-refractivity contribution >= 4 is 26.8 Å². The maximum atomic E-state index is 5.62. The van der Waals surface area contributed by atoms with E-state index in [1.807, 2.05) is 0 Å². The van der Waals surface area contributed by atoms with E-state index in [4.69, 9.17) is 5.73 Å². The first-order chi connectivity index (χ1) is 12.7. The van der Waals surface area contributed by atoms with Crippen molar-refractivity contribution in [2.24, 2.45) is 11.7 Å². The van der Waals surface area contributed by atoms with Crippen molar-refractivity contribution in [1.29, 1.82) is 0 Å². The largest absolute Gasteiger partial charge is 0.330 e. The van der Waals surface area contributed by atoms with Gasteiger partial charge in [0.05, 0.1) is 5.52 Å². The third-order valence-corrected chi connectivity index (χ3v) is 5.71. The van der Waals surface area contributed by atoms with Crippen LogP contribution in [0.1, 0.15) is 44.6 Å². The molecular formula is C23H29BrN2. The summed E-state index contributed by atoms with van der Waals surface area (Å²) in [6, 6.07) is 17.6. The van der Waals surface area contributed by atoms with E-state index >= 15 is 0 Å². The summed E-state index contributed by atoms with van der Waals surface area (Å²) >= 11 is 3.50. The Bertz CT molecular complexity index is 820. The van der Waals surface area contributed by atoms with E-state index in [2.05, 4.69) is 82.1 Å². The van der Waals surface area contributed by atoms with Gasteiger partial charge in [-0.2, -0.15) is 0 Å². The highest BCUT2D eigenvalue weighted by Gasteiger charge is 2.05. The number of nitrogens with zero attached hydrogens (tertiary/aromatic N) is 1. The van der Waals surface area contributed by atoms with Gasteiger partial charge < -0.3 is 10.3 Å². The Kier molecular flexibility index (Phi) is 6.93. The summed E-state index contributed by atoms with van der Waals surface area (Å²) in [5, 5.41) is 1.32. The fourth-order valence-corrected chi connectivity index (χ4v) is 3.87. The van der Waals surface area contributed by atoms with E-state index in [0.717, 1.165) is 23.4 Å². The lowest BCUT2D eigenvalue weighted by Gasteiger charge is -2.09. The number of hydrogen-bond acceptors (Lipinski definition) is 1. The topological polar surface area (TPSA) is 30.9 Å². The average Bonchev–Trinajstić information content (AvgIpc) is 3.05. The second-order valence-corrected chi connectivity index (χ2v) is 8.25. The van der Waals surface area contributed by atoms with Crippen LogP contribution in [0.2, 0.25) is 0 Å². The van der Waals surface area contributed by atoms with Crippen LogP contribution in [0.5, 0.6) is 0 Å². The van der Waals surface area contributed by atoms with Crippen LogP contribution in [0.4, 0.5) is 0 Å². The number of benzene rings is 2. The molecule has 1 atom stereocenters. The quantitative estimate of drug-likeness (QED) is 0.400. The normalized spacial score (nSPS) is 12.6. The average molecular weight is 413 g/mol. The lowest BCUT2D eigenvalue weighted by atomic mass is 9.98. The van der Waals surface area contributed by atoms with Gasteiger partial charge in [-0.3, -0.25) is 0 Å². The fraction of sp³-hybridized carbons (Fsp3) is 0.391. The maximum absolute atomic E-state index is 5.62. The van der Waals surface area contributed by atoms with Crippen LogP contribution in [0, 0.1) is 5.92 Å². The van der Waals surface area contributed by atoms with E-state index in [-0.39, 0.29) is 0 Å². The van der Waals surface area contributed by atoms with Crippen molar-refractivity contribution in [3.8, 4) is 5.69 Å². The molecule has 0 aliphatic carbocycles. The van der Waals surface area contributed by atoms with Gasteiger partial charge in [-0.15, -0.1) is 0 Å². The predicted octanol–water partition coefficient (Wildman–Crippen LogP) is 6.48. The number of aryl methyl sites for hydroxylation is 1. The van der Waals surface area contributed by atoms with Crippen LogP contribution in [-0.2, 0) is 6.42 Å². The third-order valence-electron chi connectivity index (χ3n) is 5.18. The number of unbranched alkanes of at least 4 members (excludes halogenated alkanes) is 2. The standard InChI is InChI=1S/C23H29BrN2/c1-18(13-15-25)5-3-2-4-6-19-7-12-23-20(17-19)14-16-26(23)22-10-8-21(24)9-11-22/h7-12,14,16-18H,2-6,13,15,25H2,1H3. The summed E-state index contributed by atoms with van der Waals surface area (Å²) in [4.78, 5) is 0. The molecule has 26 heavy (non-hydrogen) atoms. The van der Waals surface area contributed by atoms with E-state index < -0.39 is 0 Å². The van der Waals surface area contributed by atoms with Crippen LogP contribution >= 0.6 is 15.9 Å². The number of nitrogens with two attached hydrogens (primary N) is 1. The molecule has 0 spiro atoms. The first-order valence-corrected chi connectivity index (χ1v) is 10.5. The zero-order chi connectivity index (χ0) is 18.4. The summed E-state index contributed by atoms with van der Waals surface area (Å²) in [6.45, 7) is 3.14. The second-order valence-electron chi connectivity index (χ2n) is 7.34. The van der Waals surface area contributed by atoms with E-state index in [1.165, 1.54) is 54.3 Å². The summed E-state index contributed by atoms with van der Waals surface area (Å²) in [6.07, 6.45) is 9.71. The Balaban J connectivity index is 1.57. The molecule has 2 N–H and O–H groups in total. The number of halogens is 1. The van der Waals surface area contributed by atoms with Gasteiger partial charge in [0.1, 0.15) is 0 Å². The predicted molar refractivity (Wildman–Crippen MR) is 116 cm³/mol. The van der Waals surface area contributed by atoms with Crippen LogP contribution < -0.4 is 5.73 Å². The highest BCUT2D eigenvalue weighted by molar-refractivity contribution is 9.10. The second kappa shape index (κ2) is 9.38. The lowest BCUT2D eigenvalue weighted by molar-refractivity contribution is 0.466. The molecule has 1 heterocycles. The minimum atomic E-state index is 0.773. The van der Waals surface area contributed by atoms with Crippen LogP contribution in [0.3, 0.4) is 0 Å². The molecule has 0 amide bonds. The van der Waals surface area contributed by atoms with Crippen LogP contribution in [0.25, 0.3) is 16.6 Å². The Hall–Kier alpha value is -1.58. The molecule has 3 rings (SSSR count). The molecular weight excluding hydrogens is 384 g/mol. The molecule has 0 saturated heterocycles. The van der Waals surface area contributed by atoms with Crippen molar-refractivity contribution in [2.45, 2.75) is 45.4 Å². The molecule has 1 aromatic heterocycles. The van der Waals surface area contributed by atoms with Crippen LogP contribution in [0.15, 0.2) is 59.2 Å². The molecule has 0 aliphatic heterocycles. The van der Waals surface area contributed by atoms with Gasteiger partial charge in [0, 0.05) is 21.7 Å². The summed E-state index contributed by atoms with van der Waals surface area (Å²) in [5.74, 6) is 0.773. The van der Waals surface area contributed by atoms with Gasteiger partial charge in [0.15, 0.2) is 0 Å². The summed E-state index contributed by atoms with van der Waals surface area (Å²) < 4.78 is 3.36. The zero-order valence-electron chi connectivity index (χ0n) is 15.6. The molecule has 138 valence electrons. The maximum Gasteiger partial charge on any atom is 0.0528 e. The molecule has 3 heteroatoms. The Morgan fingerprint density at radius 1 is 0.962 bits per heavy atom. The monoisotopic (exact) mass is 412 g/mol. The molecule has 0 bridgehead atoms. The molecule has 2 aromatic carbocycles. The molecule has 3 aromatic rings. The summed E-state index contributed by atoms with van der Waals surface area (Å²) in [5.41, 5.74) is 9.54. The SMILES string of the molecule is CC(CCN)CCCCCc1ccc2c(ccn2-c2ccc(Br)cc2)c1. The first-order valence-electron chi connectivity index (χ1n) is 9.73. The third kappa shape index (κ3) is 4.99. The van der Waals surface area contributed by atoms with Crippen molar-refractivity contribution < 1.29 is 0 Å². The van der Waals surface area contributed by atoms with E-state index in [9.17, 15) is 0 Å². The number of rotatable bonds is 9. The van der Waals surface area contributed by atoms with Crippen LogP contribution in [-0.4, -0.2) is 11.1 Å². The summed E-state index contributed by atoms with van der Waals surface area (Å²) in [7, 11) is 0. The van der Waals surface area contributed by atoms with E-state index in [0.29, 0.717) is 0 Å². The number of hydrogen-bond donors (Lipinski definition) is 1. The van der Waals surface area contributed by atoms with E-state index in [1.54, 1.807) is 0 Å². The van der Waals surface area contributed by atoms with Gasteiger partial charge in [-0.1, -0.05) is 48.2 Å². The Morgan fingerprint density at radius 2 is 1.77 bits per heavy atom. The van der Waals surface area contributed by atoms with Crippen molar-refractivity contribution in [3.63, 3.8) is 0 Å². The Labute approximate surface area is 165 Å². The van der Waals surface area contributed by atoms with Crippen molar-refractivity contribution in [1.82, 2.24) is 4.57 Å². The molecule has 1 unspecified atom stereocenters. The van der Waals surface area contributed by atoms with Gasteiger partial charge in [-0.25, -0.2) is 0 Å². The highest BCUT2D eigenvalue weighted by atomic mass is 79.9. The first kappa shape index (κ1) is 19.2. The van der Waals surface area contributed by atoms with Gasteiger partial charge in [0.2, 0.25) is 0 Å². The lowest BCUT2D eigenvalue weighted by Crippen LogP contribution is -2.05. The molecule has 0 aliphatic rings. The minimum absolute atomic E-state index is 0.773. The number of aromatic nitrogens is 1. The van der Waals surface area contributed by atoms with Gasteiger partial charge >= 0.3 is 0 Å².